The average molecular weight is 206 g/mol. The van der Waals surface area contributed by atoms with Crippen molar-refractivity contribution in [2.24, 2.45) is 5.92 Å². The molecule has 0 aliphatic carbocycles. The molecule has 0 amide bonds. The third-order valence-corrected chi connectivity index (χ3v) is 3.01. The van der Waals surface area contributed by atoms with Crippen LogP contribution in [0.2, 0.25) is 0 Å². The summed E-state index contributed by atoms with van der Waals surface area (Å²) in [6.45, 7) is 3.62. The topological polar surface area (TPSA) is 74.6 Å². The minimum absolute atomic E-state index is 0.0150. The Bertz CT molecular complexity index is 191. The van der Waals surface area contributed by atoms with Gasteiger partial charge in [-0.05, 0) is 5.92 Å². The van der Waals surface area contributed by atoms with Crippen LogP contribution in [-0.4, -0.2) is 33.2 Å². The fourth-order valence-corrected chi connectivity index (χ4v) is 1.90. The monoisotopic (exact) mass is 206 g/mol. The predicted octanol–water partition coefficient (Wildman–Crippen LogP) is 1.30. The van der Waals surface area contributed by atoms with Gasteiger partial charge in [0.05, 0.1) is 6.42 Å². The van der Waals surface area contributed by atoms with Crippen molar-refractivity contribution in [2.75, 3.05) is 5.75 Å². The Morgan fingerprint density at radius 2 is 1.85 bits per heavy atom. The minimum atomic E-state index is -0.889. The van der Waals surface area contributed by atoms with E-state index in [0.29, 0.717) is 5.75 Å². The highest BCUT2D eigenvalue weighted by Crippen LogP contribution is 2.20. The van der Waals surface area contributed by atoms with E-state index in [-0.39, 0.29) is 12.3 Å². The number of aliphatic carboxylic acids is 2. The second kappa shape index (κ2) is 5.85. The number of carboxylic acid groups (broad SMARTS) is 2. The Balaban J connectivity index is 3.84. The van der Waals surface area contributed by atoms with Gasteiger partial charge in [-0.15, -0.1) is 11.8 Å². The third kappa shape index (κ3) is 5.52. The van der Waals surface area contributed by atoms with Crippen LogP contribution in [0.3, 0.4) is 0 Å². The van der Waals surface area contributed by atoms with E-state index in [0.717, 1.165) is 0 Å². The Labute approximate surface area is 81.3 Å². The highest BCUT2D eigenvalue weighted by Gasteiger charge is 2.21. The zero-order valence-corrected chi connectivity index (χ0v) is 8.50. The van der Waals surface area contributed by atoms with Crippen LogP contribution < -0.4 is 0 Å². The summed E-state index contributed by atoms with van der Waals surface area (Å²) in [6.07, 6.45) is 0.0150. The van der Waals surface area contributed by atoms with Crippen molar-refractivity contribution in [3.8, 4) is 0 Å². The van der Waals surface area contributed by atoms with Gasteiger partial charge in [-0.2, -0.15) is 0 Å². The number of thioether (sulfide) groups is 1. The van der Waals surface area contributed by atoms with Gasteiger partial charge in [0.15, 0.2) is 0 Å². The lowest BCUT2D eigenvalue weighted by Gasteiger charge is -2.14. The summed E-state index contributed by atoms with van der Waals surface area (Å²) in [7, 11) is 0. The molecule has 76 valence electrons. The highest BCUT2D eigenvalue weighted by atomic mass is 32.2. The molecule has 0 radical (unpaired) electrons. The summed E-state index contributed by atoms with van der Waals surface area (Å²) < 4.78 is 0. The van der Waals surface area contributed by atoms with Crippen molar-refractivity contribution in [3.63, 3.8) is 0 Å². The van der Waals surface area contributed by atoms with Crippen LogP contribution in [0.1, 0.15) is 20.3 Å². The number of rotatable bonds is 6. The molecule has 4 nitrogen and oxygen atoms in total. The predicted molar refractivity (Wildman–Crippen MR) is 51.0 cm³/mol. The number of hydrogen-bond donors (Lipinski definition) is 2. The zero-order valence-electron chi connectivity index (χ0n) is 7.69. The molecule has 0 rings (SSSR count). The maximum absolute atomic E-state index is 10.6. The van der Waals surface area contributed by atoms with Gasteiger partial charge in [-0.1, -0.05) is 13.8 Å². The molecule has 0 aromatic heterocycles. The quantitative estimate of drug-likeness (QED) is 0.685. The standard InChI is InChI=1S/C8H14O4S/c1-5(2)7(8(11)12)13-4-3-6(9)10/h5,7H,3-4H2,1-2H3,(H,9,10)(H,11,12). The molecule has 0 heterocycles. The summed E-state index contributed by atoms with van der Waals surface area (Å²) in [4.78, 5) is 20.8. The first-order valence-corrected chi connectivity index (χ1v) is 5.06. The molecule has 0 aliphatic rings. The van der Waals surface area contributed by atoms with Gasteiger partial charge in [0.25, 0.3) is 0 Å². The molecule has 0 bridgehead atoms. The molecule has 0 spiro atoms. The van der Waals surface area contributed by atoms with E-state index in [9.17, 15) is 9.59 Å². The van der Waals surface area contributed by atoms with Gasteiger partial charge in [0.1, 0.15) is 5.25 Å². The Morgan fingerprint density at radius 3 is 2.15 bits per heavy atom. The fourth-order valence-electron chi connectivity index (χ4n) is 0.822. The molecular weight excluding hydrogens is 192 g/mol. The summed E-state index contributed by atoms with van der Waals surface area (Å²) in [6, 6.07) is 0. The first-order valence-electron chi connectivity index (χ1n) is 4.01. The zero-order chi connectivity index (χ0) is 10.4. The van der Waals surface area contributed by atoms with Crippen LogP contribution in [0.4, 0.5) is 0 Å². The van der Waals surface area contributed by atoms with Crippen molar-refractivity contribution in [2.45, 2.75) is 25.5 Å². The van der Waals surface area contributed by atoms with Gasteiger partial charge in [-0.3, -0.25) is 9.59 Å². The van der Waals surface area contributed by atoms with Crippen LogP contribution in [-0.2, 0) is 9.59 Å². The van der Waals surface area contributed by atoms with Gasteiger partial charge in [-0.25, -0.2) is 0 Å². The second-order valence-electron chi connectivity index (χ2n) is 3.02. The number of carbonyl (C=O) groups is 2. The van der Waals surface area contributed by atoms with E-state index in [4.69, 9.17) is 10.2 Å². The van der Waals surface area contributed by atoms with E-state index >= 15 is 0 Å². The van der Waals surface area contributed by atoms with Crippen LogP contribution in [0, 0.1) is 5.92 Å². The first-order chi connectivity index (χ1) is 5.95. The molecule has 0 aromatic carbocycles. The highest BCUT2D eigenvalue weighted by molar-refractivity contribution is 8.00. The van der Waals surface area contributed by atoms with Crippen molar-refractivity contribution in [1.82, 2.24) is 0 Å². The summed E-state index contributed by atoms with van der Waals surface area (Å²) in [5.74, 6) is -1.38. The molecule has 13 heavy (non-hydrogen) atoms. The smallest absolute Gasteiger partial charge is 0.316 e. The molecule has 0 aromatic rings. The molecular formula is C8H14O4S. The van der Waals surface area contributed by atoms with Gasteiger partial charge < -0.3 is 10.2 Å². The van der Waals surface area contributed by atoms with E-state index < -0.39 is 17.2 Å². The fraction of sp³-hybridized carbons (Fsp3) is 0.750. The van der Waals surface area contributed by atoms with Crippen molar-refractivity contribution in [1.29, 1.82) is 0 Å². The molecule has 0 saturated heterocycles. The van der Waals surface area contributed by atoms with Crippen molar-refractivity contribution in [3.05, 3.63) is 0 Å². The van der Waals surface area contributed by atoms with Crippen molar-refractivity contribution < 1.29 is 19.8 Å². The Kier molecular flexibility index (Phi) is 5.53. The third-order valence-electron chi connectivity index (χ3n) is 1.46. The SMILES string of the molecule is CC(C)C(SCCC(=O)O)C(=O)O. The summed E-state index contributed by atoms with van der Waals surface area (Å²) in [5, 5.41) is 16.6. The summed E-state index contributed by atoms with van der Waals surface area (Å²) in [5.41, 5.74) is 0. The molecule has 0 aliphatic heterocycles. The largest absolute Gasteiger partial charge is 0.481 e. The van der Waals surface area contributed by atoms with Crippen molar-refractivity contribution >= 4 is 23.7 Å². The minimum Gasteiger partial charge on any atom is -0.481 e. The van der Waals surface area contributed by atoms with Gasteiger partial charge >= 0.3 is 11.9 Å². The molecule has 2 N–H and O–H groups in total. The van der Waals surface area contributed by atoms with Crippen LogP contribution in [0.5, 0.6) is 0 Å². The molecule has 5 heteroatoms. The van der Waals surface area contributed by atoms with Crippen LogP contribution in [0.15, 0.2) is 0 Å². The lowest BCUT2D eigenvalue weighted by atomic mass is 10.1. The number of carboxylic acids is 2. The lowest BCUT2D eigenvalue weighted by Crippen LogP contribution is -2.23. The molecule has 1 atom stereocenters. The lowest BCUT2D eigenvalue weighted by molar-refractivity contribution is -0.138. The maximum atomic E-state index is 10.6. The molecule has 0 fully saturated rings. The van der Waals surface area contributed by atoms with Gasteiger partial charge in [0, 0.05) is 5.75 Å². The average Bonchev–Trinajstić information content (AvgIpc) is 1.95. The normalized spacial score (nSPS) is 12.8. The van der Waals surface area contributed by atoms with E-state index in [2.05, 4.69) is 0 Å². The summed E-state index contributed by atoms with van der Waals surface area (Å²) >= 11 is 1.19. The van der Waals surface area contributed by atoms with Gasteiger partial charge in [0.2, 0.25) is 0 Å². The Morgan fingerprint density at radius 1 is 1.31 bits per heavy atom. The molecule has 0 saturated carbocycles. The van der Waals surface area contributed by atoms with Crippen LogP contribution in [0.25, 0.3) is 0 Å². The van der Waals surface area contributed by atoms with E-state index in [1.165, 1.54) is 11.8 Å². The number of hydrogen-bond acceptors (Lipinski definition) is 3. The van der Waals surface area contributed by atoms with Crippen LogP contribution >= 0.6 is 11.8 Å². The first kappa shape index (κ1) is 12.3. The maximum Gasteiger partial charge on any atom is 0.316 e. The second-order valence-corrected chi connectivity index (χ2v) is 4.27. The van der Waals surface area contributed by atoms with E-state index in [1.807, 2.05) is 13.8 Å². The van der Waals surface area contributed by atoms with E-state index in [1.54, 1.807) is 0 Å². The molecule has 1 unspecified atom stereocenters. The Hall–Kier alpha value is -0.710.